The van der Waals surface area contributed by atoms with Gasteiger partial charge in [0.1, 0.15) is 11.2 Å². The number of hydrogen-bond acceptors (Lipinski definition) is 2. The highest BCUT2D eigenvalue weighted by Crippen LogP contribution is 2.51. The maximum absolute atomic E-state index is 6.31. The molecule has 15 rings (SSSR count). The summed E-state index contributed by atoms with van der Waals surface area (Å²) in [6.07, 6.45) is 0. The van der Waals surface area contributed by atoms with Gasteiger partial charge in [0.25, 0.3) is 0 Å². The molecule has 0 bridgehead atoms. The molecule has 0 unspecified atom stereocenters. The van der Waals surface area contributed by atoms with Crippen molar-refractivity contribution in [3.05, 3.63) is 254 Å². The van der Waals surface area contributed by atoms with Crippen LogP contribution in [0.3, 0.4) is 0 Å². The molecule has 0 saturated heterocycles. The highest BCUT2D eigenvalue weighted by Gasteiger charge is 2.36. The van der Waals surface area contributed by atoms with Crippen molar-refractivity contribution in [1.29, 1.82) is 0 Å². The zero-order valence-electron chi connectivity index (χ0n) is 39.9. The monoisotopic (exact) mass is 918 g/mol. The Hall–Kier alpha value is -9.18. The number of fused-ring (bicyclic) bond motifs is 14. The Bertz CT molecular complexity index is 4550. The SMILES string of the molecule is CC1(C)c2ccccc2-c2ccc(N(c3cc(-c4ccccc4)cc(-c4ccc5c6ccccc6n(-c6ccc7oc8ccccc8c7c6)c5c4)c3)c3ccc4ccc5c6ccccc6ccc5c4c3)cc21. The van der Waals surface area contributed by atoms with Crippen LogP contribution in [0.25, 0.3) is 115 Å². The quantitative estimate of drug-likeness (QED) is 0.155. The van der Waals surface area contributed by atoms with Crippen LogP contribution in [0.4, 0.5) is 17.1 Å². The average Bonchev–Trinajstić information content (AvgIpc) is 4.05. The van der Waals surface area contributed by atoms with Gasteiger partial charge in [0.15, 0.2) is 0 Å². The fourth-order valence-corrected chi connectivity index (χ4v) is 12.2. The summed E-state index contributed by atoms with van der Waals surface area (Å²) < 4.78 is 8.73. The van der Waals surface area contributed by atoms with E-state index in [9.17, 15) is 0 Å². The van der Waals surface area contributed by atoms with Gasteiger partial charge >= 0.3 is 0 Å². The number of benzene rings is 12. The van der Waals surface area contributed by atoms with Gasteiger partial charge in [-0.05, 0) is 156 Å². The van der Waals surface area contributed by atoms with Crippen LogP contribution in [0.2, 0.25) is 0 Å². The first-order chi connectivity index (χ1) is 35.4. The van der Waals surface area contributed by atoms with E-state index in [1.165, 1.54) is 76.4 Å². The van der Waals surface area contributed by atoms with E-state index in [1.807, 2.05) is 6.07 Å². The smallest absolute Gasteiger partial charge is 0.135 e. The van der Waals surface area contributed by atoms with Gasteiger partial charge in [-0.15, -0.1) is 0 Å². The maximum atomic E-state index is 6.31. The van der Waals surface area contributed by atoms with Crippen LogP contribution in [0.1, 0.15) is 25.0 Å². The molecule has 12 aromatic carbocycles. The molecule has 0 N–H and O–H groups in total. The molecule has 1 aliphatic carbocycles. The molecule has 0 radical (unpaired) electrons. The zero-order chi connectivity index (χ0) is 47.7. The van der Waals surface area contributed by atoms with Gasteiger partial charge in [0, 0.05) is 49.7 Å². The highest BCUT2D eigenvalue weighted by molar-refractivity contribution is 6.18. The van der Waals surface area contributed by atoms with Crippen molar-refractivity contribution in [2.75, 3.05) is 4.90 Å². The van der Waals surface area contributed by atoms with Crippen molar-refractivity contribution in [2.24, 2.45) is 0 Å². The molecule has 14 aromatic rings. The van der Waals surface area contributed by atoms with E-state index in [0.29, 0.717) is 0 Å². The van der Waals surface area contributed by atoms with Crippen molar-refractivity contribution >= 4 is 93.1 Å². The lowest BCUT2D eigenvalue weighted by atomic mass is 9.82. The van der Waals surface area contributed by atoms with Crippen LogP contribution in [0, 0.1) is 0 Å². The van der Waals surface area contributed by atoms with Crippen molar-refractivity contribution < 1.29 is 4.42 Å². The molecular formula is C69H46N2O. The van der Waals surface area contributed by atoms with Gasteiger partial charge in [0.2, 0.25) is 0 Å². The predicted octanol–water partition coefficient (Wildman–Crippen LogP) is 19.3. The Morgan fingerprint density at radius 2 is 0.958 bits per heavy atom. The summed E-state index contributed by atoms with van der Waals surface area (Å²) in [5.74, 6) is 0. The number of aromatic nitrogens is 1. The van der Waals surface area contributed by atoms with E-state index >= 15 is 0 Å². The number of anilines is 3. The molecule has 0 aliphatic heterocycles. The highest BCUT2D eigenvalue weighted by atomic mass is 16.3. The summed E-state index contributed by atoms with van der Waals surface area (Å²) >= 11 is 0. The molecule has 2 heterocycles. The lowest BCUT2D eigenvalue weighted by Crippen LogP contribution is -2.16. The molecule has 3 nitrogen and oxygen atoms in total. The summed E-state index contributed by atoms with van der Waals surface area (Å²) in [5, 5.41) is 12.1. The standard InChI is InChI=1S/C69H46N2O/c1-69(2)63-21-11-8-18-56(63)57-34-29-51(42-64(57)69)70(49-28-24-45-26-31-54-53-17-7-6-16-44(53)25-32-55(54)61(45)40-49)52-37-47(43-14-4-3-5-15-43)36-48(38-52)46-27-33-59-58-19-9-12-22-65(58)71(66(59)39-46)50-30-35-68-62(41-50)60-20-10-13-23-67(60)72-68/h3-42H,1-2H3. The minimum absolute atomic E-state index is 0.172. The molecule has 0 spiro atoms. The largest absolute Gasteiger partial charge is 0.456 e. The summed E-state index contributed by atoms with van der Waals surface area (Å²) in [4.78, 5) is 2.49. The molecule has 0 atom stereocenters. The molecule has 2 aromatic heterocycles. The normalized spacial score (nSPS) is 13.0. The summed E-state index contributed by atoms with van der Waals surface area (Å²) in [6.45, 7) is 4.74. The lowest BCUT2D eigenvalue weighted by molar-refractivity contribution is 0.660. The number of furan rings is 1. The molecule has 0 amide bonds. The third-order valence-electron chi connectivity index (χ3n) is 15.7. The Morgan fingerprint density at radius 3 is 1.83 bits per heavy atom. The van der Waals surface area contributed by atoms with Crippen LogP contribution in [-0.2, 0) is 5.41 Å². The second-order valence-electron chi connectivity index (χ2n) is 20.1. The number of hydrogen-bond donors (Lipinski definition) is 0. The summed E-state index contributed by atoms with van der Waals surface area (Å²) in [5.41, 5.74) is 18.3. The second kappa shape index (κ2) is 15.4. The molecule has 1 aliphatic rings. The van der Waals surface area contributed by atoms with Crippen molar-refractivity contribution in [3.63, 3.8) is 0 Å². The predicted molar refractivity (Wildman–Crippen MR) is 304 cm³/mol. The van der Waals surface area contributed by atoms with Gasteiger partial charge in [-0.1, -0.05) is 178 Å². The topological polar surface area (TPSA) is 21.3 Å². The Balaban J connectivity index is 0.972. The minimum atomic E-state index is -0.172. The maximum Gasteiger partial charge on any atom is 0.135 e. The number of nitrogens with zero attached hydrogens (tertiary/aromatic N) is 2. The van der Waals surface area contributed by atoms with Crippen molar-refractivity contribution in [2.45, 2.75) is 19.3 Å². The van der Waals surface area contributed by atoms with Crippen LogP contribution >= 0.6 is 0 Å². The summed E-state index contributed by atoms with van der Waals surface area (Å²) in [6, 6.07) is 89.7. The second-order valence-corrected chi connectivity index (χ2v) is 20.1. The van der Waals surface area contributed by atoms with Crippen molar-refractivity contribution in [3.8, 4) is 39.1 Å². The van der Waals surface area contributed by atoms with E-state index in [0.717, 1.165) is 66.9 Å². The first-order valence-electron chi connectivity index (χ1n) is 25.0. The van der Waals surface area contributed by atoms with E-state index in [1.54, 1.807) is 0 Å². The molecule has 3 heteroatoms. The lowest BCUT2D eigenvalue weighted by Gasteiger charge is -2.29. The first-order valence-corrected chi connectivity index (χ1v) is 25.0. The van der Waals surface area contributed by atoms with E-state index in [-0.39, 0.29) is 5.41 Å². The van der Waals surface area contributed by atoms with Gasteiger partial charge in [-0.3, -0.25) is 0 Å². The molecule has 0 saturated carbocycles. The minimum Gasteiger partial charge on any atom is -0.456 e. The number of rotatable bonds is 6. The Morgan fingerprint density at radius 1 is 0.333 bits per heavy atom. The van der Waals surface area contributed by atoms with Crippen LogP contribution < -0.4 is 4.90 Å². The molecule has 0 fully saturated rings. The van der Waals surface area contributed by atoms with E-state index in [4.69, 9.17) is 4.42 Å². The first kappa shape index (κ1) is 40.7. The van der Waals surface area contributed by atoms with Gasteiger partial charge < -0.3 is 13.9 Å². The van der Waals surface area contributed by atoms with E-state index in [2.05, 4.69) is 260 Å². The van der Waals surface area contributed by atoms with Gasteiger partial charge in [-0.25, -0.2) is 0 Å². The van der Waals surface area contributed by atoms with Gasteiger partial charge in [0.05, 0.1) is 11.0 Å². The van der Waals surface area contributed by atoms with E-state index < -0.39 is 0 Å². The van der Waals surface area contributed by atoms with Crippen LogP contribution in [0.5, 0.6) is 0 Å². The molecule has 72 heavy (non-hydrogen) atoms. The molecular weight excluding hydrogens is 873 g/mol. The zero-order valence-corrected chi connectivity index (χ0v) is 39.9. The fraction of sp³-hybridized carbons (Fsp3) is 0.0435. The van der Waals surface area contributed by atoms with Crippen LogP contribution in [0.15, 0.2) is 247 Å². The number of para-hydroxylation sites is 2. The summed E-state index contributed by atoms with van der Waals surface area (Å²) in [7, 11) is 0. The third kappa shape index (κ3) is 6.10. The Labute approximate surface area is 417 Å². The molecule has 338 valence electrons. The van der Waals surface area contributed by atoms with Crippen molar-refractivity contribution in [1.82, 2.24) is 4.57 Å². The fourth-order valence-electron chi connectivity index (χ4n) is 12.2. The van der Waals surface area contributed by atoms with Gasteiger partial charge in [-0.2, -0.15) is 0 Å². The average molecular weight is 919 g/mol. The van der Waals surface area contributed by atoms with Crippen LogP contribution in [-0.4, -0.2) is 4.57 Å². The third-order valence-corrected chi connectivity index (χ3v) is 15.7. The Kier molecular flexibility index (Phi) is 8.71.